The first kappa shape index (κ1) is 16.4. The standard InChI is InChI=1S/C17H14ClN3O2S/c1-11-20-21-17(24-11)19-16(22)13-5-3-7-15(9-13)23-10-12-4-2-6-14(18)8-12/h2-9H,10H2,1H3,(H,19,21,22). The Balaban J connectivity index is 1.66. The summed E-state index contributed by atoms with van der Waals surface area (Å²) in [4.78, 5) is 12.2. The van der Waals surface area contributed by atoms with Crippen molar-refractivity contribution < 1.29 is 9.53 Å². The third-order valence-corrected chi connectivity index (χ3v) is 4.13. The van der Waals surface area contributed by atoms with Crippen molar-refractivity contribution in [3.8, 4) is 5.75 Å². The number of amides is 1. The molecule has 5 nitrogen and oxygen atoms in total. The molecule has 0 aliphatic heterocycles. The summed E-state index contributed by atoms with van der Waals surface area (Å²) in [5.41, 5.74) is 1.45. The van der Waals surface area contributed by atoms with Gasteiger partial charge in [0.1, 0.15) is 17.4 Å². The summed E-state index contributed by atoms with van der Waals surface area (Å²) >= 11 is 7.28. The third-order valence-electron chi connectivity index (χ3n) is 3.14. The van der Waals surface area contributed by atoms with Gasteiger partial charge in [0.15, 0.2) is 0 Å². The first-order valence-electron chi connectivity index (χ1n) is 7.19. The molecular weight excluding hydrogens is 346 g/mol. The van der Waals surface area contributed by atoms with Crippen LogP contribution in [0.2, 0.25) is 5.02 Å². The molecule has 1 amide bonds. The Morgan fingerprint density at radius 3 is 2.79 bits per heavy atom. The van der Waals surface area contributed by atoms with Gasteiger partial charge in [0.25, 0.3) is 5.91 Å². The highest BCUT2D eigenvalue weighted by molar-refractivity contribution is 7.15. The molecule has 0 radical (unpaired) electrons. The van der Waals surface area contributed by atoms with Crippen molar-refractivity contribution in [3.63, 3.8) is 0 Å². The molecule has 0 aliphatic rings. The zero-order valence-corrected chi connectivity index (χ0v) is 14.4. The minimum Gasteiger partial charge on any atom is -0.489 e. The number of nitrogens with zero attached hydrogens (tertiary/aromatic N) is 2. The van der Waals surface area contributed by atoms with Gasteiger partial charge in [-0.05, 0) is 42.8 Å². The Labute approximate surface area is 148 Å². The Morgan fingerprint density at radius 2 is 2.04 bits per heavy atom. The van der Waals surface area contributed by atoms with E-state index in [4.69, 9.17) is 16.3 Å². The van der Waals surface area contributed by atoms with E-state index in [0.717, 1.165) is 10.6 Å². The summed E-state index contributed by atoms with van der Waals surface area (Å²) in [6.07, 6.45) is 0. The number of anilines is 1. The van der Waals surface area contributed by atoms with Crippen molar-refractivity contribution in [2.24, 2.45) is 0 Å². The number of halogens is 1. The molecule has 0 bridgehead atoms. The molecule has 7 heteroatoms. The molecule has 0 saturated carbocycles. The van der Waals surface area contributed by atoms with Crippen LogP contribution in [0.15, 0.2) is 48.5 Å². The summed E-state index contributed by atoms with van der Waals surface area (Å²) in [6, 6.07) is 14.4. The number of ether oxygens (including phenoxy) is 1. The first-order valence-corrected chi connectivity index (χ1v) is 8.38. The minimum atomic E-state index is -0.251. The van der Waals surface area contributed by atoms with E-state index in [1.807, 2.05) is 31.2 Å². The molecule has 3 aromatic rings. The fraction of sp³-hybridized carbons (Fsp3) is 0.118. The molecule has 0 saturated heterocycles. The number of carbonyl (C=O) groups excluding carboxylic acids is 1. The first-order chi connectivity index (χ1) is 11.6. The van der Waals surface area contributed by atoms with Crippen molar-refractivity contribution in [3.05, 3.63) is 69.7 Å². The average molecular weight is 360 g/mol. The van der Waals surface area contributed by atoms with Crippen LogP contribution >= 0.6 is 22.9 Å². The Morgan fingerprint density at radius 1 is 1.21 bits per heavy atom. The maximum absolute atomic E-state index is 12.2. The predicted octanol–water partition coefficient (Wildman–Crippen LogP) is 4.33. The van der Waals surface area contributed by atoms with E-state index < -0.39 is 0 Å². The van der Waals surface area contributed by atoms with Gasteiger partial charge in [0.05, 0.1) is 0 Å². The molecule has 1 heterocycles. The third kappa shape index (κ3) is 4.31. The second-order valence-electron chi connectivity index (χ2n) is 5.03. The number of aromatic nitrogens is 2. The summed E-state index contributed by atoms with van der Waals surface area (Å²) in [5.74, 6) is 0.357. The van der Waals surface area contributed by atoms with Crippen molar-refractivity contribution in [2.75, 3.05) is 5.32 Å². The van der Waals surface area contributed by atoms with Crippen molar-refractivity contribution >= 4 is 34.0 Å². The predicted molar refractivity (Wildman–Crippen MR) is 94.8 cm³/mol. The summed E-state index contributed by atoms with van der Waals surface area (Å²) < 4.78 is 5.73. The van der Waals surface area contributed by atoms with Crippen molar-refractivity contribution in [2.45, 2.75) is 13.5 Å². The summed E-state index contributed by atoms with van der Waals surface area (Å²) in [7, 11) is 0. The van der Waals surface area contributed by atoms with Crippen molar-refractivity contribution in [1.82, 2.24) is 10.2 Å². The van der Waals surface area contributed by atoms with Gasteiger partial charge in [-0.3, -0.25) is 10.1 Å². The van der Waals surface area contributed by atoms with Gasteiger partial charge in [-0.15, -0.1) is 10.2 Å². The van der Waals surface area contributed by atoms with Crippen LogP contribution in [-0.4, -0.2) is 16.1 Å². The number of nitrogens with one attached hydrogen (secondary N) is 1. The van der Waals surface area contributed by atoms with E-state index in [9.17, 15) is 4.79 Å². The number of hydrogen-bond donors (Lipinski definition) is 1. The van der Waals surface area contributed by atoms with Crippen LogP contribution < -0.4 is 10.1 Å². The van der Waals surface area contributed by atoms with Gasteiger partial charge >= 0.3 is 0 Å². The van der Waals surface area contributed by atoms with Gasteiger partial charge in [-0.2, -0.15) is 0 Å². The molecule has 0 fully saturated rings. The molecule has 1 N–H and O–H groups in total. The molecule has 0 atom stereocenters. The van der Waals surface area contributed by atoms with E-state index >= 15 is 0 Å². The van der Waals surface area contributed by atoms with Gasteiger partial charge in [0, 0.05) is 10.6 Å². The van der Waals surface area contributed by atoms with E-state index in [0.29, 0.717) is 28.1 Å². The van der Waals surface area contributed by atoms with Gasteiger partial charge in [-0.1, -0.05) is 41.1 Å². The molecule has 3 rings (SSSR count). The van der Waals surface area contributed by atoms with Crippen LogP contribution in [0, 0.1) is 6.92 Å². The average Bonchev–Trinajstić information content (AvgIpc) is 2.98. The van der Waals surface area contributed by atoms with E-state index in [1.165, 1.54) is 11.3 Å². The lowest BCUT2D eigenvalue weighted by atomic mass is 10.2. The van der Waals surface area contributed by atoms with Crippen LogP contribution in [0.5, 0.6) is 5.75 Å². The largest absolute Gasteiger partial charge is 0.489 e. The zero-order valence-electron chi connectivity index (χ0n) is 12.8. The smallest absolute Gasteiger partial charge is 0.257 e. The Bertz CT molecular complexity index is 866. The maximum Gasteiger partial charge on any atom is 0.257 e. The number of hydrogen-bond acceptors (Lipinski definition) is 5. The van der Waals surface area contributed by atoms with Crippen LogP contribution in [0.1, 0.15) is 20.9 Å². The summed E-state index contributed by atoms with van der Waals surface area (Å²) in [6.45, 7) is 2.21. The number of benzene rings is 2. The summed E-state index contributed by atoms with van der Waals surface area (Å²) in [5, 5.41) is 12.4. The quantitative estimate of drug-likeness (QED) is 0.736. The number of aryl methyl sites for hydroxylation is 1. The van der Waals surface area contributed by atoms with Crippen LogP contribution in [0.25, 0.3) is 0 Å². The molecule has 0 spiro atoms. The molecule has 2 aromatic carbocycles. The minimum absolute atomic E-state index is 0.251. The number of carbonyl (C=O) groups is 1. The van der Waals surface area contributed by atoms with E-state index in [2.05, 4.69) is 15.5 Å². The van der Waals surface area contributed by atoms with Gasteiger partial charge < -0.3 is 4.74 Å². The monoisotopic (exact) mass is 359 g/mol. The van der Waals surface area contributed by atoms with Gasteiger partial charge in [0.2, 0.25) is 5.13 Å². The number of rotatable bonds is 5. The van der Waals surface area contributed by atoms with Crippen LogP contribution in [-0.2, 0) is 6.61 Å². The SMILES string of the molecule is Cc1nnc(NC(=O)c2cccc(OCc3cccc(Cl)c3)c2)s1. The highest BCUT2D eigenvalue weighted by Crippen LogP contribution is 2.19. The highest BCUT2D eigenvalue weighted by atomic mass is 35.5. The lowest BCUT2D eigenvalue weighted by molar-refractivity contribution is 0.102. The zero-order chi connectivity index (χ0) is 16.9. The fourth-order valence-corrected chi connectivity index (χ4v) is 2.84. The molecule has 0 unspecified atom stereocenters. The van der Waals surface area contributed by atoms with Crippen LogP contribution in [0.3, 0.4) is 0 Å². The lowest BCUT2D eigenvalue weighted by Gasteiger charge is -2.08. The van der Waals surface area contributed by atoms with Crippen LogP contribution in [0.4, 0.5) is 5.13 Å². The second-order valence-corrected chi connectivity index (χ2v) is 6.64. The van der Waals surface area contributed by atoms with Gasteiger partial charge in [-0.25, -0.2) is 0 Å². The van der Waals surface area contributed by atoms with E-state index in [-0.39, 0.29) is 5.91 Å². The van der Waals surface area contributed by atoms with E-state index in [1.54, 1.807) is 24.3 Å². The fourth-order valence-electron chi connectivity index (χ4n) is 2.04. The topological polar surface area (TPSA) is 64.1 Å². The Hall–Kier alpha value is -2.44. The van der Waals surface area contributed by atoms with Crippen molar-refractivity contribution in [1.29, 1.82) is 0 Å². The maximum atomic E-state index is 12.2. The molecule has 122 valence electrons. The Kier molecular flexibility index (Phi) is 5.08. The second kappa shape index (κ2) is 7.42. The normalized spacial score (nSPS) is 10.4. The lowest BCUT2D eigenvalue weighted by Crippen LogP contribution is -2.11. The molecule has 24 heavy (non-hydrogen) atoms. The molecular formula is C17H14ClN3O2S. The molecule has 0 aliphatic carbocycles. The molecule has 1 aromatic heterocycles. The highest BCUT2D eigenvalue weighted by Gasteiger charge is 2.10.